The Labute approximate surface area is 167 Å². The van der Waals surface area contributed by atoms with Crippen LogP contribution in [0.4, 0.5) is 18.9 Å². The average molecular weight is 430 g/mol. The van der Waals surface area contributed by atoms with Crippen molar-refractivity contribution in [2.45, 2.75) is 30.8 Å². The third kappa shape index (κ3) is 6.48. The normalized spacial score (nSPS) is 11.9. The van der Waals surface area contributed by atoms with E-state index in [1.165, 1.54) is 6.07 Å². The Morgan fingerprint density at radius 2 is 2.07 bits per heavy atom. The van der Waals surface area contributed by atoms with Crippen LogP contribution >= 0.6 is 11.8 Å². The van der Waals surface area contributed by atoms with Gasteiger partial charge in [0.25, 0.3) is 6.43 Å². The lowest BCUT2D eigenvalue weighted by atomic mass is 10.2. The zero-order valence-electron chi connectivity index (χ0n) is 15.0. The first-order valence-electron chi connectivity index (χ1n) is 8.14. The topological polar surface area (TPSA) is 147 Å². The fourth-order valence-corrected chi connectivity index (χ4v) is 3.00. The van der Waals surface area contributed by atoms with Crippen molar-refractivity contribution in [1.29, 1.82) is 5.41 Å². The van der Waals surface area contributed by atoms with E-state index in [1.807, 2.05) is 0 Å². The number of primary amides is 1. The van der Waals surface area contributed by atoms with E-state index in [4.69, 9.17) is 11.1 Å². The number of anilines is 1. The van der Waals surface area contributed by atoms with Gasteiger partial charge in [-0.1, -0.05) is 11.8 Å². The minimum atomic E-state index is -3.00. The Morgan fingerprint density at radius 1 is 1.34 bits per heavy atom. The van der Waals surface area contributed by atoms with Crippen molar-refractivity contribution < 1.29 is 27.4 Å². The first kappa shape index (κ1) is 22.2. The van der Waals surface area contributed by atoms with Crippen LogP contribution in [-0.4, -0.2) is 39.8 Å². The van der Waals surface area contributed by atoms with Gasteiger partial charge < -0.3 is 16.4 Å². The Bertz CT molecular complexity index is 908. The van der Waals surface area contributed by atoms with Crippen molar-refractivity contribution in [1.82, 2.24) is 15.6 Å². The zero-order valence-corrected chi connectivity index (χ0v) is 15.9. The summed E-state index contributed by atoms with van der Waals surface area (Å²) in [6.07, 6.45) is -3.43. The minimum Gasteiger partial charge on any atom is -0.369 e. The number of alkyl halides is 2. The molecule has 0 fully saturated rings. The molecule has 0 aliphatic rings. The Hall–Kier alpha value is -3.09. The van der Waals surface area contributed by atoms with Gasteiger partial charge in [0.2, 0.25) is 11.8 Å². The van der Waals surface area contributed by atoms with Crippen LogP contribution in [0.3, 0.4) is 0 Å². The highest BCUT2D eigenvalue weighted by Gasteiger charge is 2.19. The quantitative estimate of drug-likeness (QED) is 0.206. The monoisotopic (exact) mass is 430 g/mol. The number of carbonyl (C=O) groups is 2. The lowest BCUT2D eigenvalue weighted by Crippen LogP contribution is -2.36. The van der Waals surface area contributed by atoms with Gasteiger partial charge in [-0.15, -0.1) is 0 Å². The number of rotatable bonds is 9. The predicted octanol–water partition coefficient (Wildman–Crippen LogP) is 2.06. The molecule has 13 heteroatoms. The first-order valence-corrected chi connectivity index (χ1v) is 9.12. The molecule has 0 spiro atoms. The van der Waals surface area contributed by atoms with E-state index in [-0.39, 0.29) is 28.3 Å². The van der Waals surface area contributed by atoms with Gasteiger partial charge in [-0.25, -0.2) is 17.8 Å². The maximum atomic E-state index is 13.4. The molecular formula is C16H17F3N6O3S. The summed E-state index contributed by atoms with van der Waals surface area (Å²) in [7, 11) is 0. The molecule has 1 heterocycles. The first-order chi connectivity index (χ1) is 13.7. The fraction of sp³-hybridized carbons (Fsp3) is 0.312. The van der Waals surface area contributed by atoms with Gasteiger partial charge in [0.05, 0.1) is 5.56 Å². The number of aromatic nitrogens is 2. The van der Waals surface area contributed by atoms with Crippen LogP contribution in [0.1, 0.15) is 31.0 Å². The SMILES string of the molecule is C[C@H](CSc1nonc1C(=N)Nc1ccc(F)c(C(F)F)c1)NC(=O)CC(N)=O. The number of nitrogens with two attached hydrogens (primary N) is 1. The molecule has 0 radical (unpaired) electrons. The molecule has 2 rings (SSSR count). The molecule has 5 N–H and O–H groups in total. The second kappa shape index (κ2) is 9.91. The second-order valence-electron chi connectivity index (χ2n) is 5.88. The maximum Gasteiger partial charge on any atom is 0.266 e. The largest absolute Gasteiger partial charge is 0.369 e. The van der Waals surface area contributed by atoms with Gasteiger partial charge in [-0.3, -0.25) is 15.0 Å². The molecule has 0 bridgehead atoms. The highest BCUT2D eigenvalue weighted by molar-refractivity contribution is 7.99. The van der Waals surface area contributed by atoms with Crippen molar-refractivity contribution in [2.24, 2.45) is 5.73 Å². The van der Waals surface area contributed by atoms with E-state index in [0.29, 0.717) is 5.75 Å². The van der Waals surface area contributed by atoms with Gasteiger partial charge in [0.15, 0.2) is 16.6 Å². The number of nitrogens with one attached hydrogen (secondary N) is 3. The van der Waals surface area contributed by atoms with Gasteiger partial charge >= 0.3 is 0 Å². The van der Waals surface area contributed by atoms with Crippen LogP contribution in [0, 0.1) is 11.2 Å². The van der Waals surface area contributed by atoms with Crippen LogP contribution in [0.5, 0.6) is 0 Å². The molecule has 29 heavy (non-hydrogen) atoms. The van der Waals surface area contributed by atoms with E-state index in [9.17, 15) is 22.8 Å². The summed E-state index contributed by atoms with van der Waals surface area (Å²) in [6, 6.07) is 2.60. The number of amidine groups is 1. The molecule has 156 valence electrons. The van der Waals surface area contributed by atoms with Crippen LogP contribution < -0.4 is 16.4 Å². The molecule has 2 aromatic rings. The number of thioether (sulfide) groups is 1. The molecule has 9 nitrogen and oxygen atoms in total. The highest BCUT2D eigenvalue weighted by Crippen LogP contribution is 2.26. The number of amides is 2. The van der Waals surface area contributed by atoms with E-state index >= 15 is 0 Å². The van der Waals surface area contributed by atoms with Gasteiger partial charge in [-0.05, 0) is 35.4 Å². The third-order valence-corrected chi connectivity index (χ3v) is 4.62. The van der Waals surface area contributed by atoms with Crippen molar-refractivity contribution in [3.63, 3.8) is 0 Å². The summed E-state index contributed by atoms with van der Waals surface area (Å²) in [5.74, 6) is -2.31. The number of carbonyl (C=O) groups excluding carboxylic acids is 2. The number of halogens is 3. The summed E-state index contributed by atoms with van der Waals surface area (Å²) in [5.41, 5.74) is 4.22. The smallest absolute Gasteiger partial charge is 0.266 e. The summed E-state index contributed by atoms with van der Waals surface area (Å²) in [6.45, 7) is 1.69. The molecule has 0 aliphatic heterocycles. The molecule has 1 atom stereocenters. The number of hydrogen-bond acceptors (Lipinski definition) is 7. The van der Waals surface area contributed by atoms with Crippen molar-refractivity contribution in [3.8, 4) is 0 Å². The molecule has 0 saturated heterocycles. The van der Waals surface area contributed by atoms with Gasteiger partial charge in [0, 0.05) is 17.5 Å². The zero-order chi connectivity index (χ0) is 21.6. The maximum absolute atomic E-state index is 13.4. The summed E-state index contributed by atoms with van der Waals surface area (Å²) in [4.78, 5) is 22.2. The van der Waals surface area contributed by atoms with E-state index < -0.39 is 36.0 Å². The van der Waals surface area contributed by atoms with Crippen molar-refractivity contribution in [3.05, 3.63) is 35.3 Å². The molecule has 1 aromatic heterocycles. The van der Waals surface area contributed by atoms with Crippen molar-refractivity contribution in [2.75, 3.05) is 11.1 Å². The molecule has 1 aromatic carbocycles. The lowest BCUT2D eigenvalue weighted by molar-refractivity contribution is -0.127. The summed E-state index contributed by atoms with van der Waals surface area (Å²) >= 11 is 1.11. The van der Waals surface area contributed by atoms with E-state index in [1.54, 1.807) is 6.92 Å². The highest BCUT2D eigenvalue weighted by atomic mass is 32.2. The summed E-state index contributed by atoms with van der Waals surface area (Å²) in [5, 5.41) is 20.6. The molecule has 2 amide bonds. The molecule has 0 saturated carbocycles. The van der Waals surface area contributed by atoms with Crippen LogP contribution in [0.15, 0.2) is 27.9 Å². The Balaban J connectivity index is 1.99. The van der Waals surface area contributed by atoms with E-state index in [0.717, 1.165) is 23.9 Å². The molecule has 0 unspecified atom stereocenters. The Kier molecular flexibility index (Phi) is 7.59. The standard InChI is InChI=1S/C16H17F3N6O3S/c1-7(22-12(27)5-11(20)26)6-29-16-13(24-28-25-16)15(21)23-8-2-3-10(17)9(4-8)14(18)19/h2-4,7,14H,5-6H2,1H3,(H2,20,26)(H2,21,23)(H,22,27)/t7-/m1/s1. The average Bonchev–Trinajstić information content (AvgIpc) is 3.09. The third-order valence-electron chi connectivity index (χ3n) is 3.41. The van der Waals surface area contributed by atoms with Crippen LogP contribution in [-0.2, 0) is 9.59 Å². The van der Waals surface area contributed by atoms with Crippen LogP contribution in [0.2, 0.25) is 0 Å². The lowest BCUT2D eigenvalue weighted by Gasteiger charge is -2.12. The molecular weight excluding hydrogens is 413 g/mol. The fourth-order valence-electron chi connectivity index (χ4n) is 2.15. The predicted molar refractivity (Wildman–Crippen MR) is 98.2 cm³/mol. The van der Waals surface area contributed by atoms with Crippen LogP contribution in [0.25, 0.3) is 0 Å². The summed E-state index contributed by atoms with van der Waals surface area (Å²) < 4.78 is 43.6. The van der Waals surface area contributed by atoms with Gasteiger partial charge in [-0.2, -0.15) is 0 Å². The Morgan fingerprint density at radius 3 is 2.72 bits per heavy atom. The second-order valence-corrected chi connectivity index (χ2v) is 6.89. The number of nitrogens with zero attached hydrogens (tertiary/aromatic N) is 2. The van der Waals surface area contributed by atoms with Gasteiger partial charge in [0.1, 0.15) is 12.2 Å². The number of hydrogen-bond donors (Lipinski definition) is 4. The minimum absolute atomic E-state index is 0.00795. The molecule has 0 aliphatic carbocycles. The van der Waals surface area contributed by atoms with Crippen molar-refractivity contribution >= 4 is 35.1 Å². The van der Waals surface area contributed by atoms with E-state index in [2.05, 4.69) is 25.6 Å². The number of benzene rings is 1.